The molecule has 0 saturated heterocycles. The lowest BCUT2D eigenvalue weighted by Gasteiger charge is -2.24. The quantitative estimate of drug-likeness (QED) is 0.874. The van der Waals surface area contributed by atoms with E-state index in [0.717, 1.165) is 41.7 Å². The molecule has 1 aromatic heterocycles. The number of ether oxygens (including phenoxy) is 1. The lowest BCUT2D eigenvalue weighted by atomic mass is 10.0. The minimum atomic E-state index is -0.979. The number of carbonyl (C=O) groups excluding carboxylic acids is 1. The minimum absolute atomic E-state index is 0.0371. The number of aromatic nitrogens is 1. The molecule has 0 radical (unpaired) electrons. The summed E-state index contributed by atoms with van der Waals surface area (Å²) in [5.74, 6) is -1.35. The third kappa shape index (κ3) is 2.59. The number of fused-ring (bicyclic) bond motifs is 3. The number of methoxy groups -OCH3 is 1. The molecule has 0 spiro atoms. The van der Waals surface area contributed by atoms with Gasteiger partial charge in [0, 0.05) is 30.6 Å². The van der Waals surface area contributed by atoms with Crippen molar-refractivity contribution in [2.45, 2.75) is 26.4 Å². The van der Waals surface area contributed by atoms with Gasteiger partial charge in [0.15, 0.2) is 0 Å². The van der Waals surface area contributed by atoms with Crippen LogP contribution >= 0.6 is 0 Å². The molecule has 0 fully saturated rings. The van der Waals surface area contributed by atoms with E-state index in [4.69, 9.17) is 4.74 Å². The summed E-state index contributed by atoms with van der Waals surface area (Å²) in [6, 6.07) is 3.67. The van der Waals surface area contributed by atoms with Gasteiger partial charge in [-0.2, -0.15) is 0 Å². The molecule has 0 bridgehead atoms. The number of aryl methyl sites for hydroxylation is 1. The van der Waals surface area contributed by atoms with Crippen molar-refractivity contribution in [3.8, 4) is 0 Å². The number of nitrogens with zero attached hydrogens (tertiary/aromatic N) is 2. The van der Waals surface area contributed by atoms with Gasteiger partial charge in [-0.3, -0.25) is 4.79 Å². The first-order valence-corrected chi connectivity index (χ1v) is 7.55. The van der Waals surface area contributed by atoms with E-state index < -0.39 is 5.97 Å². The van der Waals surface area contributed by atoms with Gasteiger partial charge in [-0.1, -0.05) is 0 Å². The molecule has 0 amide bonds. The van der Waals surface area contributed by atoms with Gasteiger partial charge < -0.3 is 19.3 Å². The fourth-order valence-electron chi connectivity index (χ4n) is 3.39. The van der Waals surface area contributed by atoms with E-state index in [0.29, 0.717) is 5.52 Å². The van der Waals surface area contributed by atoms with Gasteiger partial charge in [-0.25, -0.2) is 4.79 Å². The van der Waals surface area contributed by atoms with Crippen LogP contribution in [0.15, 0.2) is 12.1 Å². The van der Waals surface area contributed by atoms with Crippen molar-refractivity contribution in [1.82, 2.24) is 9.47 Å². The summed E-state index contributed by atoms with van der Waals surface area (Å²) in [6.45, 7) is 3.56. The van der Waals surface area contributed by atoms with Crippen molar-refractivity contribution in [3.63, 3.8) is 0 Å². The average molecular weight is 316 g/mol. The molecule has 0 atom stereocenters. The van der Waals surface area contributed by atoms with Crippen LogP contribution in [0.3, 0.4) is 0 Å². The fraction of sp³-hybridized carbons (Fsp3) is 0.412. The van der Waals surface area contributed by atoms with Crippen LogP contribution in [-0.2, 0) is 29.0 Å². The summed E-state index contributed by atoms with van der Waals surface area (Å²) < 4.78 is 6.62. The second kappa shape index (κ2) is 5.70. The number of hydrogen-bond acceptors (Lipinski definition) is 4. The second-order valence-corrected chi connectivity index (χ2v) is 6.09. The lowest BCUT2D eigenvalue weighted by Crippen LogP contribution is -2.28. The number of benzene rings is 1. The molecule has 1 aliphatic rings. The zero-order valence-electron chi connectivity index (χ0n) is 13.5. The molecular formula is C17H20N2O4. The first kappa shape index (κ1) is 15.6. The normalized spacial score (nSPS) is 14.7. The monoisotopic (exact) mass is 316 g/mol. The van der Waals surface area contributed by atoms with Gasteiger partial charge in [-0.15, -0.1) is 0 Å². The molecule has 6 nitrogen and oxygen atoms in total. The minimum Gasteiger partial charge on any atom is -0.478 e. The van der Waals surface area contributed by atoms with Crippen molar-refractivity contribution in [2.75, 3.05) is 20.7 Å². The van der Waals surface area contributed by atoms with E-state index in [1.165, 1.54) is 7.11 Å². The summed E-state index contributed by atoms with van der Waals surface area (Å²) in [4.78, 5) is 25.7. The highest BCUT2D eigenvalue weighted by atomic mass is 16.5. The molecule has 2 aromatic rings. The highest BCUT2D eigenvalue weighted by Crippen LogP contribution is 2.33. The lowest BCUT2D eigenvalue weighted by molar-refractivity contribution is -0.141. The van der Waals surface area contributed by atoms with Gasteiger partial charge >= 0.3 is 11.9 Å². The molecule has 0 unspecified atom stereocenters. The summed E-state index contributed by atoms with van der Waals surface area (Å²) in [7, 11) is 3.39. The van der Waals surface area contributed by atoms with Crippen LogP contribution in [0.2, 0.25) is 0 Å². The molecule has 2 heterocycles. The number of rotatable bonds is 3. The van der Waals surface area contributed by atoms with Crippen LogP contribution in [0, 0.1) is 6.92 Å². The number of carbonyl (C=O) groups is 2. The summed E-state index contributed by atoms with van der Waals surface area (Å²) >= 11 is 0. The molecule has 122 valence electrons. The Labute approximate surface area is 134 Å². The van der Waals surface area contributed by atoms with Crippen LogP contribution in [0.25, 0.3) is 10.9 Å². The van der Waals surface area contributed by atoms with Gasteiger partial charge in [0.2, 0.25) is 0 Å². The zero-order valence-corrected chi connectivity index (χ0v) is 13.5. The standard InChI is InChI=1S/C17H20N2O4/c1-10-6-11-13-8-18(2)5-4-14(13)19(9-15(20)23-3)16(11)12(7-10)17(21)22/h6-7H,4-5,8-9H2,1-3H3,(H,21,22). The number of carboxylic acids is 1. The maximum absolute atomic E-state index is 11.8. The molecule has 3 rings (SSSR count). The summed E-state index contributed by atoms with van der Waals surface area (Å²) in [6.07, 6.45) is 0.787. The molecule has 23 heavy (non-hydrogen) atoms. The predicted molar refractivity (Wildman–Crippen MR) is 85.7 cm³/mol. The summed E-state index contributed by atoms with van der Waals surface area (Å²) in [5.41, 5.74) is 3.91. The van der Waals surface area contributed by atoms with Gasteiger partial charge in [-0.05, 0) is 37.2 Å². The van der Waals surface area contributed by atoms with E-state index in [-0.39, 0.29) is 18.1 Å². The number of hydrogen-bond donors (Lipinski definition) is 1. The van der Waals surface area contributed by atoms with Crippen molar-refractivity contribution >= 4 is 22.8 Å². The van der Waals surface area contributed by atoms with Crippen LogP contribution in [0.1, 0.15) is 27.2 Å². The third-order valence-electron chi connectivity index (χ3n) is 4.43. The van der Waals surface area contributed by atoms with Gasteiger partial charge in [0.05, 0.1) is 18.2 Å². The Balaban J connectivity index is 2.34. The van der Waals surface area contributed by atoms with Crippen LogP contribution in [0.4, 0.5) is 0 Å². The van der Waals surface area contributed by atoms with E-state index >= 15 is 0 Å². The molecular weight excluding hydrogens is 296 g/mol. The molecule has 1 aromatic carbocycles. The van der Waals surface area contributed by atoms with E-state index in [1.54, 1.807) is 6.07 Å². The molecule has 1 aliphatic heterocycles. The molecule has 0 saturated carbocycles. The number of aromatic carboxylic acids is 1. The van der Waals surface area contributed by atoms with E-state index in [9.17, 15) is 14.7 Å². The Kier molecular flexibility index (Phi) is 3.85. The molecule has 1 N–H and O–H groups in total. The first-order chi connectivity index (χ1) is 10.9. The third-order valence-corrected chi connectivity index (χ3v) is 4.43. The van der Waals surface area contributed by atoms with E-state index in [1.807, 2.05) is 24.6 Å². The number of likely N-dealkylation sites (N-methyl/N-ethyl adjacent to an activating group) is 1. The number of esters is 1. The Hall–Kier alpha value is -2.34. The predicted octanol–water partition coefficient (Wildman–Crippen LogP) is 1.81. The van der Waals surface area contributed by atoms with Crippen LogP contribution < -0.4 is 0 Å². The van der Waals surface area contributed by atoms with Crippen LogP contribution in [0.5, 0.6) is 0 Å². The van der Waals surface area contributed by atoms with Crippen molar-refractivity contribution in [3.05, 3.63) is 34.5 Å². The van der Waals surface area contributed by atoms with Crippen LogP contribution in [-0.4, -0.2) is 47.2 Å². The Morgan fingerprint density at radius 2 is 2.09 bits per heavy atom. The van der Waals surface area contributed by atoms with Crippen molar-refractivity contribution < 1.29 is 19.4 Å². The average Bonchev–Trinajstić information content (AvgIpc) is 2.79. The van der Waals surface area contributed by atoms with Gasteiger partial charge in [0.1, 0.15) is 6.54 Å². The Morgan fingerprint density at radius 3 is 2.74 bits per heavy atom. The number of carboxylic acid groups (broad SMARTS) is 1. The maximum Gasteiger partial charge on any atom is 0.337 e. The maximum atomic E-state index is 11.8. The zero-order chi connectivity index (χ0) is 16.7. The van der Waals surface area contributed by atoms with Gasteiger partial charge in [0.25, 0.3) is 0 Å². The summed E-state index contributed by atoms with van der Waals surface area (Å²) in [5, 5.41) is 10.5. The highest BCUT2D eigenvalue weighted by molar-refractivity contribution is 6.04. The van der Waals surface area contributed by atoms with E-state index in [2.05, 4.69) is 4.90 Å². The Bertz CT molecular complexity index is 807. The van der Waals surface area contributed by atoms with Crippen molar-refractivity contribution in [2.24, 2.45) is 0 Å². The first-order valence-electron chi connectivity index (χ1n) is 7.55. The fourth-order valence-corrected chi connectivity index (χ4v) is 3.39. The topological polar surface area (TPSA) is 71.8 Å². The largest absolute Gasteiger partial charge is 0.478 e. The smallest absolute Gasteiger partial charge is 0.337 e. The second-order valence-electron chi connectivity index (χ2n) is 6.09. The highest BCUT2D eigenvalue weighted by Gasteiger charge is 2.26. The Morgan fingerprint density at radius 1 is 1.35 bits per heavy atom. The molecule has 0 aliphatic carbocycles. The molecule has 6 heteroatoms. The SMILES string of the molecule is COC(=O)Cn1c2c(c3cc(C)cc(C(=O)O)c31)CN(C)CC2. The van der Waals surface area contributed by atoms with Crippen molar-refractivity contribution in [1.29, 1.82) is 0 Å².